The third kappa shape index (κ3) is 8.26. The average molecular weight is 981 g/mol. The summed E-state index contributed by atoms with van der Waals surface area (Å²) < 4.78 is 2.38. The number of hydrogen-bond donors (Lipinski definition) is 0. The fraction of sp³-hybridized carbons (Fsp3) is 0. The molecule has 0 aliphatic heterocycles. The molecular formula is C73H48N4. The van der Waals surface area contributed by atoms with Gasteiger partial charge in [0.1, 0.15) is 0 Å². The third-order valence-electron chi connectivity index (χ3n) is 14.8. The van der Waals surface area contributed by atoms with Crippen molar-refractivity contribution in [1.82, 2.24) is 19.5 Å². The van der Waals surface area contributed by atoms with Crippen LogP contribution in [0.4, 0.5) is 0 Å². The molecule has 12 aromatic carbocycles. The van der Waals surface area contributed by atoms with Crippen molar-refractivity contribution in [2.75, 3.05) is 0 Å². The zero-order chi connectivity index (χ0) is 51.1. The summed E-state index contributed by atoms with van der Waals surface area (Å²) in [6, 6.07) is 104. The van der Waals surface area contributed by atoms with Gasteiger partial charge in [-0.15, -0.1) is 0 Å². The summed E-state index contributed by atoms with van der Waals surface area (Å²) >= 11 is 0. The van der Waals surface area contributed by atoms with E-state index in [-0.39, 0.29) is 0 Å². The number of nitrogens with zero attached hydrogens (tertiary/aromatic N) is 4. The predicted octanol–water partition coefficient (Wildman–Crippen LogP) is 19.1. The van der Waals surface area contributed by atoms with Crippen LogP contribution >= 0.6 is 0 Å². The highest BCUT2D eigenvalue weighted by Gasteiger charge is 2.25. The first-order chi connectivity index (χ1) is 38.2. The Bertz CT molecular complexity index is 4450. The average Bonchev–Trinajstić information content (AvgIpc) is 3.93. The van der Waals surface area contributed by atoms with Crippen LogP contribution in [-0.4, -0.2) is 19.5 Å². The summed E-state index contributed by atoms with van der Waals surface area (Å²) in [6.45, 7) is 0. The van der Waals surface area contributed by atoms with Gasteiger partial charge in [-0.05, 0) is 114 Å². The maximum Gasteiger partial charge on any atom is 0.164 e. The van der Waals surface area contributed by atoms with Gasteiger partial charge in [0.2, 0.25) is 0 Å². The third-order valence-corrected chi connectivity index (χ3v) is 14.8. The molecule has 14 aromatic rings. The number of fused-ring (bicyclic) bond motifs is 5. The second-order valence-corrected chi connectivity index (χ2v) is 19.4. The molecule has 2 aromatic heterocycles. The normalized spacial score (nSPS) is 11.4. The minimum absolute atomic E-state index is 0.590. The Morgan fingerprint density at radius 2 is 0.636 bits per heavy atom. The summed E-state index contributed by atoms with van der Waals surface area (Å²) in [4.78, 5) is 16.0. The van der Waals surface area contributed by atoms with Gasteiger partial charge >= 0.3 is 0 Å². The molecule has 4 nitrogen and oxygen atoms in total. The highest BCUT2D eigenvalue weighted by atomic mass is 15.0. The zero-order valence-corrected chi connectivity index (χ0v) is 42.0. The quantitative estimate of drug-likeness (QED) is 0.137. The van der Waals surface area contributed by atoms with Crippen molar-refractivity contribution >= 4 is 32.6 Å². The van der Waals surface area contributed by atoms with E-state index in [0.717, 1.165) is 83.3 Å². The number of para-hydroxylation sites is 1. The van der Waals surface area contributed by atoms with E-state index in [1.54, 1.807) is 0 Å². The van der Waals surface area contributed by atoms with E-state index in [2.05, 4.69) is 278 Å². The fourth-order valence-corrected chi connectivity index (χ4v) is 11.4. The van der Waals surface area contributed by atoms with Crippen molar-refractivity contribution in [2.45, 2.75) is 0 Å². The fourth-order valence-electron chi connectivity index (χ4n) is 11.4. The van der Waals surface area contributed by atoms with E-state index >= 15 is 0 Å². The molecule has 0 atom stereocenters. The Hall–Kier alpha value is -10.3. The van der Waals surface area contributed by atoms with Crippen LogP contribution in [0.25, 0.3) is 139 Å². The van der Waals surface area contributed by atoms with Crippen molar-refractivity contribution in [2.24, 2.45) is 0 Å². The Labute approximate surface area is 447 Å². The Kier molecular flexibility index (Phi) is 11.5. The minimum atomic E-state index is 0.590. The molecule has 0 radical (unpaired) electrons. The lowest BCUT2D eigenvalue weighted by molar-refractivity contribution is 1.07. The molecule has 0 saturated heterocycles. The highest BCUT2D eigenvalue weighted by Crippen LogP contribution is 2.51. The van der Waals surface area contributed by atoms with Gasteiger partial charge in [-0.1, -0.05) is 255 Å². The Morgan fingerprint density at radius 3 is 1.21 bits per heavy atom. The van der Waals surface area contributed by atoms with Crippen molar-refractivity contribution in [3.8, 4) is 107 Å². The van der Waals surface area contributed by atoms with Gasteiger partial charge < -0.3 is 4.57 Å². The lowest BCUT2D eigenvalue weighted by Gasteiger charge is -2.24. The summed E-state index contributed by atoms with van der Waals surface area (Å²) in [5, 5.41) is 4.80. The molecule has 0 saturated carbocycles. The van der Waals surface area contributed by atoms with Crippen molar-refractivity contribution in [1.29, 1.82) is 0 Å². The molecule has 77 heavy (non-hydrogen) atoms. The SMILES string of the molecule is c1ccc(-c2nc(-c3cccc(-c4cc(-c5ccccc5)c(-c5ccccc5)c(-c5ccccc5)c4-c4ccccc4)c3)nc(-c3ccc4c5c6cccc(-c7ccccc7)c6ccc5n(-c5ccccc5)c4c3)n2)cc1. The van der Waals surface area contributed by atoms with Crippen molar-refractivity contribution < 1.29 is 0 Å². The summed E-state index contributed by atoms with van der Waals surface area (Å²) in [7, 11) is 0. The molecule has 0 bridgehead atoms. The van der Waals surface area contributed by atoms with Crippen LogP contribution in [0.5, 0.6) is 0 Å². The molecule has 0 unspecified atom stereocenters. The first kappa shape index (κ1) is 45.3. The number of hydrogen-bond acceptors (Lipinski definition) is 3. The highest BCUT2D eigenvalue weighted by molar-refractivity contribution is 6.23. The molecule has 0 aliphatic rings. The first-order valence-electron chi connectivity index (χ1n) is 26.2. The maximum absolute atomic E-state index is 5.43. The molecule has 360 valence electrons. The smallest absolute Gasteiger partial charge is 0.164 e. The van der Waals surface area contributed by atoms with E-state index in [1.165, 1.54) is 38.4 Å². The van der Waals surface area contributed by atoms with E-state index in [0.29, 0.717) is 17.5 Å². The largest absolute Gasteiger partial charge is 0.309 e. The van der Waals surface area contributed by atoms with Crippen LogP contribution in [0, 0.1) is 0 Å². The lowest BCUT2D eigenvalue weighted by atomic mass is 9.79. The number of aromatic nitrogens is 4. The van der Waals surface area contributed by atoms with Gasteiger partial charge in [0.05, 0.1) is 11.0 Å². The number of benzene rings is 12. The maximum atomic E-state index is 5.43. The van der Waals surface area contributed by atoms with E-state index in [1.807, 2.05) is 18.2 Å². The zero-order valence-electron chi connectivity index (χ0n) is 42.0. The van der Waals surface area contributed by atoms with Gasteiger partial charge in [0.15, 0.2) is 17.5 Å². The van der Waals surface area contributed by atoms with Gasteiger partial charge in [-0.3, -0.25) is 0 Å². The second-order valence-electron chi connectivity index (χ2n) is 19.4. The van der Waals surface area contributed by atoms with E-state index in [4.69, 9.17) is 15.0 Å². The topological polar surface area (TPSA) is 43.6 Å². The van der Waals surface area contributed by atoms with Crippen LogP contribution in [0.1, 0.15) is 0 Å². The van der Waals surface area contributed by atoms with Crippen molar-refractivity contribution in [3.63, 3.8) is 0 Å². The standard InChI is InChI=1S/C73H48N4/c1-8-24-49(25-9-1)59-40-23-41-61-60(59)44-45-65-70(61)62-43-42-57(47-66(62)77(65)58-38-20-7-21-39-58)73-75-71(54-34-18-6-19-35-54)74-72(76-73)56-37-22-36-55(46-56)64-48-63(50-26-10-2-11-27-50)67(51-28-12-3-13-29-51)69(53-32-16-5-17-33-53)68(64)52-30-14-4-15-31-52/h1-48H. The van der Waals surface area contributed by atoms with Crippen molar-refractivity contribution in [3.05, 3.63) is 291 Å². The van der Waals surface area contributed by atoms with E-state index < -0.39 is 0 Å². The molecule has 0 spiro atoms. The molecule has 0 aliphatic carbocycles. The first-order valence-corrected chi connectivity index (χ1v) is 26.2. The second kappa shape index (κ2) is 19.5. The van der Waals surface area contributed by atoms with Crippen LogP contribution in [0.15, 0.2) is 291 Å². The predicted molar refractivity (Wildman–Crippen MR) is 321 cm³/mol. The van der Waals surface area contributed by atoms with Crippen LogP contribution in [0.2, 0.25) is 0 Å². The summed E-state index contributed by atoms with van der Waals surface area (Å²) in [6.07, 6.45) is 0. The molecule has 0 fully saturated rings. The Balaban J connectivity index is 0.991. The molecular weight excluding hydrogens is 933 g/mol. The monoisotopic (exact) mass is 980 g/mol. The molecule has 2 heterocycles. The minimum Gasteiger partial charge on any atom is -0.309 e. The van der Waals surface area contributed by atoms with Gasteiger partial charge in [-0.25, -0.2) is 15.0 Å². The van der Waals surface area contributed by atoms with Crippen LogP contribution in [0.3, 0.4) is 0 Å². The lowest BCUT2D eigenvalue weighted by Crippen LogP contribution is -2.01. The molecule has 14 rings (SSSR count). The van der Waals surface area contributed by atoms with Crippen LogP contribution < -0.4 is 0 Å². The van der Waals surface area contributed by atoms with Crippen LogP contribution in [-0.2, 0) is 0 Å². The summed E-state index contributed by atoms with van der Waals surface area (Å²) in [5.74, 6) is 1.79. The van der Waals surface area contributed by atoms with Gasteiger partial charge in [0.25, 0.3) is 0 Å². The summed E-state index contributed by atoms with van der Waals surface area (Å²) in [5.41, 5.74) is 19.8. The molecule has 0 N–H and O–H groups in total. The van der Waals surface area contributed by atoms with Gasteiger partial charge in [0, 0.05) is 33.2 Å². The van der Waals surface area contributed by atoms with E-state index in [9.17, 15) is 0 Å². The number of rotatable bonds is 10. The van der Waals surface area contributed by atoms with Gasteiger partial charge in [-0.2, -0.15) is 0 Å². The molecule has 0 amide bonds. The Morgan fingerprint density at radius 1 is 0.221 bits per heavy atom. The molecule has 4 heteroatoms.